The smallest absolute Gasteiger partial charge is 0.259 e. The molecule has 0 fully saturated rings. The molecule has 0 aliphatic carbocycles. The highest BCUT2D eigenvalue weighted by Gasteiger charge is 2.06. The average molecular weight is 282 g/mol. The normalized spacial score (nSPS) is 10.3. The molecule has 0 atom stereocenters. The van der Waals surface area contributed by atoms with Gasteiger partial charge in [0.15, 0.2) is 0 Å². The fraction of sp³-hybridized carbons (Fsp3) is 0. The first-order valence-electron chi connectivity index (χ1n) is 5.02. The van der Waals surface area contributed by atoms with Gasteiger partial charge in [-0.2, -0.15) is 0 Å². The monoisotopic (exact) mass is 281 g/mol. The molecule has 2 rings (SSSR count). The minimum atomic E-state index is -0.411. The number of nitrogens with two attached hydrogens (primary N) is 1. The van der Waals surface area contributed by atoms with Gasteiger partial charge in [-0.1, -0.05) is 29.3 Å². The van der Waals surface area contributed by atoms with Crippen LogP contribution in [-0.4, -0.2) is 10.8 Å². The minimum absolute atomic E-state index is 0.138. The molecule has 1 aromatic heterocycles. The van der Waals surface area contributed by atoms with Gasteiger partial charge in [0.05, 0.1) is 15.6 Å². The van der Waals surface area contributed by atoms with Gasteiger partial charge in [-0.15, -0.1) is 0 Å². The van der Waals surface area contributed by atoms with Gasteiger partial charge in [-0.25, -0.2) is 0 Å². The van der Waals surface area contributed by atoms with Crippen molar-refractivity contribution in [3.05, 3.63) is 56.3 Å². The molecular weight excluding hydrogens is 273 g/mol. The van der Waals surface area contributed by atoms with Crippen molar-refractivity contribution < 1.29 is 0 Å². The Morgan fingerprint density at radius 1 is 1.17 bits per heavy atom. The van der Waals surface area contributed by atoms with E-state index < -0.39 is 5.56 Å². The van der Waals surface area contributed by atoms with E-state index in [0.717, 1.165) is 5.56 Å². The molecule has 18 heavy (non-hydrogen) atoms. The number of pyridine rings is 1. The Morgan fingerprint density at radius 2 is 1.89 bits per heavy atom. The molecule has 0 unspecified atom stereocenters. The van der Waals surface area contributed by atoms with Gasteiger partial charge in [0.25, 0.3) is 5.56 Å². The summed E-state index contributed by atoms with van der Waals surface area (Å²) >= 11 is 11.7. The molecule has 4 N–H and O–H groups in total. The zero-order chi connectivity index (χ0) is 13.3. The van der Waals surface area contributed by atoms with Crippen LogP contribution in [0.5, 0.6) is 0 Å². The molecule has 0 spiro atoms. The lowest BCUT2D eigenvalue weighted by molar-refractivity contribution is 1.21. The summed E-state index contributed by atoms with van der Waals surface area (Å²) in [6.07, 6.45) is 0. The number of halogens is 2. The SMILES string of the molecule is N=C(N)c1ccc(-c2ccc(Cl)c(Cl)c2)[nH]c1=O. The predicted molar refractivity (Wildman–Crippen MR) is 73.5 cm³/mol. The van der Waals surface area contributed by atoms with E-state index >= 15 is 0 Å². The summed E-state index contributed by atoms with van der Waals surface area (Å²) in [6.45, 7) is 0. The van der Waals surface area contributed by atoms with Crippen LogP contribution in [0.1, 0.15) is 5.56 Å². The maximum Gasteiger partial charge on any atom is 0.259 e. The fourth-order valence-electron chi connectivity index (χ4n) is 1.52. The lowest BCUT2D eigenvalue weighted by Crippen LogP contribution is -2.23. The summed E-state index contributed by atoms with van der Waals surface area (Å²) in [5, 5.41) is 8.09. The van der Waals surface area contributed by atoms with E-state index in [4.69, 9.17) is 34.3 Å². The van der Waals surface area contributed by atoms with Crippen molar-refractivity contribution in [3.8, 4) is 11.3 Å². The standard InChI is InChI=1S/C12H9Cl2N3O/c13-8-3-1-6(5-9(8)14)10-4-2-7(11(15)16)12(18)17-10/h1-5H,(H3,15,16)(H,17,18). The second-order valence-corrected chi connectivity index (χ2v) is 4.47. The van der Waals surface area contributed by atoms with E-state index in [0.29, 0.717) is 15.7 Å². The fourth-order valence-corrected chi connectivity index (χ4v) is 1.82. The number of benzene rings is 1. The highest BCUT2D eigenvalue weighted by molar-refractivity contribution is 6.42. The van der Waals surface area contributed by atoms with E-state index in [1.54, 1.807) is 24.3 Å². The number of hydrogen-bond acceptors (Lipinski definition) is 2. The minimum Gasteiger partial charge on any atom is -0.384 e. The van der Waals surface area contributed by atoms with Gasteiger partial charge in [0, 0.05) is 5.69 Å². The summed E-state index contributed by atoms with van der Waals surface area (Å²) in [5.74, 6) is -0.267. The number of amidine groups is 1. The van der Waals surface area contributed by atoms with Crippen molar-refractivity contribution in [1.29, 1.82) is 5.41 Å². The van der Waals surface area contributed by atoms with Crippen LogP contribution in [0.3, 0.4) is 0 Å². The Kier molecular flexibility index (Phi) is 3.41. The van der Waals surface area contributed by atoms with Crippen molar-refractivity contribution in [2.24, 2.45) is 5.73 Å². The van der Waals surface area contributed by atoms with E-state index in [9.17, 15) is 4.79 Å². The molecular formula is C12H9Cl2N3O. The first-order chi connectivity index (χ1) is 8.49. The highest BCUT2D eigenvalue weighted by atomic mass is 35.5. The first kappa shape index (κ1) is 12.7. The molecule has 0 amide bonds. The van der Waals surface area contributed by atoms with Gasteiger partial charge >= 0.3 is 0 Å². The van der Waals surface area contributed by atoms with E-state index in [1.807, 2.05) is 0 Å². The topological polar surface area (TPSA) is 82.7 Å². The van der Waals surface area contributed by atoms with Crippen LogP contribution in [-0.2, 0) is 0 Å². The Balaban J connectivity index is 2.52. The average Bonchev–Trinajstić information content (AvgIpc) is 2.32. The molecule has 0 saturated heterocycles. The zero-order valence-corrected chi connectivity index (χ0v) is 10.6. The molecule has 0 bridgehead atoms. The molecule has 92 valence electrons. The van der Waals surface area contributed by atoms with Gasteiger partial charge in [-0.3, -0.25) is 10.2 Å². The number of H-pyrrole nitrogens is 1. The third-order valence-corrected chi connectivity index (χ3v) is 3.17. The van der Waals surface area contributed by atoms with Crippen molar-refractivity contribution >= 4 is 29.0 Å². The van der Waals surface area contributed by atoms with Crippen LogP contribution in [0.2, 0.25) is 10.0 Å². The number of aromatic amines is 1. The highest BCUT2D eigenvalue weighted by Crippen LogP contribution is 2.27. The Hall–Kier alpha value is -1.78. The van der Waals surface area contributed by atoms with Crippen molar-refractivity contribution in [2.45, 2.75) is 0 Å². The van der Waals surface area contributed by atoms with Crippen LogP contribution < -0.4 is 11.3 Å². The van der Waals surface area contributed by atoms with E-state index in [-0.39, 0.29) is 11.4 Å². The summed E-state index contributed by atoms with van der Waals surface area (Å²) in [6, 6.07) is 8.21. The summed E-state index contributed by atoms with van der Waals surface area (Å²) in [5.41, 5.74) is 6.32. The number of hydrogen-bond donors (Lipinski definition) is 3. The summed E-state index contributed by atoms with van der Waals surface area (Å²) in [4.78, 5) is 14.3. The predicted octanol–water partition coefficient (Wildman–Crippen LogP) is 2.63. The van der Waals surface area contributed by atoms with Gasteiger partial charge in [0.2, 0.25) is 0 Å². The van der Waals surface area contributed by atoms with Crippen LogP contribution in [0.25, 0.3) is 11.3 Å². The Bertz CT molecular complexity index is 679. The van der Waals surface area contributed by atoms with Gasteiger partial charge in [-0.05, 0) is 29.8 Å². The molecule has 1 aromatic carbocycles. The first-order valence-corrected chi connectivity index (χ1v) is 5.78. The lowest BCUT2D eigenvalue weighted by atomic mass is 10.1. The third-order valence-electron chi connectivity index (χ3n) is 2.43. The zero-order valence-electron chi connectivity index (χ0n) is 9.13. The van der Waals surface area contributed by atoms with Gasteiger partial charge in [0.1, 0.15) is 5.84 Å². The van der Waals surface area contributed by atoms with E-state index in [2.05, 4.69) is 4.98 Å². The number of aromatic nitrogens is 1. The van der Waals surface area contributed by atoms with E-state index in [1.165, 1.54) is 6.07 Å². The molecule has 0 aliphatic heterocycles. The van der Waals surface area contributed by atoms with Crippen molar-refractivity contribution in [1.82, 2.24) is 4.98 Å². The van der Waals surface area contributed by atoms with Crippen LogP contribution >= 0.6 is 23.2 Å². The van der Waals surface area contributed by atoms with Crippen LogP contribution in [0.4, 0.5) is 0 Å². The van der Waals surface area contributed by atoms with Crippen LogP contribution in [0, 0.1) is 5.41 Å². The number of nitrogen functional groups attached to an aromatic ring is 1. The second-order valence-electron chi connectivity index (χ2n) is 3.66. The van der Waals surface area contributed by atoms with Crippen LogP contribution in [0.15, 0.2) is 35.1 Å². The Morgan fingerprint density at radius 3 is 2.44 bits per heavy atom. The van der Waals surface area contributed by atoms with Crippen molar-refractivity contribution in [3.63, 3.8) is 0 Å². The molecule has 6 heteroatoms. The summed E-state index contributed by atoms with van der Waals surface area (Å²) < 4.78 is 0. The molecule has 1 heterocycles. The molecule has 0 saturated carbocycles. The largest absolute Gasteiger partial charge is 0.384 e. The molecule has 2 aromatic rings. The van der Waals surface area contributed by atoms with Crippen molar-refractivity contribution in [2.75, 3.05) is 0 Å². The molecule has 0 radical (unpaired) electrons. The maximum atomic E-state index is 11.7. The molecule has 4 nitrogen and oxygen atoms in total. The summed E-state index contributed by atoms with van der Waals surface area (Å²) in [7, 11) is 0. The number of nitrogens with one attached hydrogen (secondary N) is 2. The van der Waals surface area contributed by atoms with Gasteiger partial charge < -0.3 is 10.7 Å². The maximum absolute atomic E-state index is 11.7. The lowest BCUT2D eigenvalue weighted by Gasteiger charge is -2.04. The number of rotatable bonds is 2. The quantitative estimate of drug-likeness (QED) is 0.584. The molecule has 0 aliphatic rings. The third kappa shape index (κ3) is 2.39. The second kappa shape index (κ2) is 4.84. The Labute approximate surface area is 113 Å².